The molecule has 0 saturated heterocycles. The van der Waals surface area contributed by atoms with Crippen LogP contribution in [0.4, 0.5) is 10.5 Å². The quantitative estimate of drug-likeness (QED) is 0.783. The van der Waals surface area contributed by atoms with Gasteiger partial charge in [-0.3, -0.25) is 4.90 Å². The second-order valence-electron chi connectivity index (χ2n) is 5.29. The van der Waals surface area contributed by atoms with Crippen molar-refractivity contribution >= 4 is 17.7 Å². The average Bonchev–Trinajstić information content (AvgIpc) is 3.21. The molecule has 1 fully saturated rings. The summed E-state index contributed by atoms with van der Waals surface area (Å²) in [6, 6.07) is 5.71. The van der Waals surface area contributed by atoms with E-state index in [9.17, 15) is 19.8 Å². The monoisotopic (exact) mass is 278 g/mol. The molecule has 1 aliphatic carbocycles. The van der Waals surface area contributed by atoms with E-state index in [4.69, 9.17) is 0 Å². The van der Waals surface area contributed by atoms with Crippen LogP contribution in [-0.2, 0) is 4.79 Å². The van der Waals surface area contributed by atoms with Crippen LogP contribution in [0.1, 0.15) is 19.8 Å². The molecule has 3 N–H and O–H groups in total. The molecule has 0 aromatic heterocycles. The first kappa shape index (κ1) is 14.2. The van der Waals surface area contributed by atoms with Gasteiger partial charge < -0.3 is 15.5 Å². The average molecular weight is 278 g/mol. The Morgan fingerprint density at radius 1 is 1.40 bits per heavy atom. The van der Waals surface area contributed by atoms with Gasteiger partial charge in [-0.2, -0.15) is 0 Å². The molecular formula is C14H18N2O4. The van der Waals surface area contributed by atoms with Gasteiger partial charge in [-0.1, -0.05) is 6.07 Å². The summed E-state index contributed by atoms with van der Waals surface area (Å²) in [5.41, 5.74) is -0.756. The zero-order valence-corrected chi connectivity index (χ0v) is 11.5. The van der Waals surface area contributed by atoms with E-state index in [1.807, 2.05) is 0 Å². The third-order valence-corrected chi connectivity index (χ3v) is 3.73. The molecule has 2 rings (SSSR count). The van der Waals surface area contributed by atoms with Gasteiger partial charge in [-0.05, 0) is 37.8 Å². The first-order valence-electron chi connectivity index (χ1n) is 6.43. The van der Waals surface area contributed by atoms with Crippen LogP contribution in [0.25, 0.3) is 0 Å². The number of rotatable bonds is 4. The summed E-state index contributed by atoms with van der Waals surface area (Å²) >= 11 is 0. The van der Waals surface area contributed by atoms with Crippen LogP contribution in [-0.4, -0.2) is 34.8 Å². The van der Waals surface area contributed by atoms with E-state index in [0.29, 0.717) is 5.69 Å². The normalized spacial score (nSPS) is 17.1. The summed E-state index contributed by atoms with van der Waals surface area (Å²) in [7, 11) is 1.53. The molecule has 1 unspecified atom stereocenters. The number of phenolic OH excluding ortho intramolecular Hbond substituents is 1. The Morgan fingerprint density at radius 2 is 2.05 bits per heavy atom. The molecule has 1 aromatic rings. The summed E-state index contributed by atoms with van der Waals surface area (Å²) in [6.07, 6.45) is 1.61. The van der Waals surface area contributed by atoms with Crippen molar-refractivity contribution in [2.24, 2.45) is 5.92 Å². The van der Waals surface area contributed by atoms with E-state index in [0.717, 1.165) is 12.8 Å². The number of hydrogen-bond acceptors (Lipinski definition) is 3. The fourth-order valence-corrected chi connectivity index (χ4v) is 2.12. The van der Waals surface area contributed by atoms with Crippen molar-refractivity contribution in [2.75, 3.05) is 11.9 Å². The second kappa shape index (κ2) is 5.03. The van der Waals surface area contributed by atoms with E-state index in [1.165, 1.54) is 31.0 Å². The molecule has 0 aliphatic heterocycles. The van der Waals surface area contributed by atoms with Gasteiger partial charge in [0.15, 0.2) is 0 Å². The molecule has 6 nitrogen and oxygen atoms in total. The van der Waals surface area contributed by atoms with Gasteiger partial charge in [-0.15, -0.1) is 0 Å². The van der Waals surface area contributed by atoms with Gasteiger partial charge in [-0.25, -0.2) is 9.59 Å². The minimum Gasteiger partial charge on any atom is -0.508 e. The van der Waals surface area contributed by atoms with E-state index in [-0.39, 0.29) is 11.7 Å². The highest BCUT2D eigenvalue weighted by atomic mass is 16.4. The minimum atomic E-state index is -1.25. The summed E-state index contributed by atoms with van der Waals surface area (Å²) < 4.78 is 0. The van der Waals surface area contributed by atoms with E-state index in [1.54, 1.807) is 12.1 Å². The van der Waals surface area contributed by atoms with Gasteiger partial charge in [0.05, 0.1) is 0 Å². The van der Waals surface area contributed by atoms with Crippen LogP contribution in [0.2, 0.25) is 0 Å². The van der Waals surface area contributed by atoms with Gasteiger partial charge >= 0.3 is 12.0 Å². The Bertz CT molecular complexity index is 542. The van der Waals surface area contributed by atoms with Crippen molar-refractivity contribution in [3.05, 3.63) is 24.3 Å². The SMILES string of the molecule is CN(C(=O)NC(C)(C(=O)O)C1CC1)c1cccc(O)c1. The predicted molar refractivity (Wildman–Crippen MR) is 73.8 cm³/mol. The van der Waals surface area contributed by atoms with E-state index >= 15 is 0 Å². The molecule has 0 heterocycles. The molecule has 0 radical (unpaired) electrons. The Kier molecular flexibility index (Phi) is 3.57. The number of carboxylic acid groups (broad SMARTS) is 1. The molecule has 1 saturated carbocycles. The summed E-state index contributed by atoms with van der Waals surface area (Å²) in [5, 5.41) is 21.3. The van der Waals surface area contributed by atoms with Gasteiger partial charge in [0.2, 0.25) is 0 Å². The molecular weight excluding hydrogens is 260 g/mol. The van der Waals surface area contributed by atoms with Crippen LogP contribution in [0.15, 0.2) is 24.3 Å². The minimum absolute atomic E-state index is 0.0264. The maximum atomic E-state index is 12.2. The molecule has 6 heteroatoms. The van der Waals surface area contributed by atoms with Gasteiger partial charge in [0.1, 0.15) is 11.3 Å². The van der Waals surface area contributed by atoms with Gasteiger partial charge in [0.25, 0.3) is 0 Å². The molecule has 1 atom stereocenters. The smallest absolute Gasteiger partial charge is 0.329 e. The third kappa shape index (κ3) is 2.68. The highest BCUT2D eigenvalue weighted by Gasteiger charge is 2.49. The highest BCUT2D eigenvalue weighted by Crippen LogP contribution is 2.39. The van der Waals surface area contributed by atoms with Crippen molar-refractivity contribution in [3.63, 3.8) is 0 Å². The van der Waals surface area contributed by atoms with Crippen molar-refractivity contribution in [1.82, 2.24) is 5.32 Å². The van der Waals surface area contributed by atoms with Crippen molar-refractivity contribution in [2.45, 2.75) is 25.3 Å². The van der Waals surface area contributed by atoms with Crippen LogP contribution in [0, 0.1) is 5.92 Å². The number of nitrogens with zero attached hydrogens (tertiary/aromatic N) is 1. The lowest BCUT2D eigenvalue weighted by atomic mass is 9.96. The molecule has 1 aromatic carbocycles. The zero-order valence-electron chi connectivity index (χ0n) is 11.5. The Balaban J connectivity index is 2.13. The number of carbonyl (C=O) groups excluding carboxylic acids is 1. The lowest BCUT2D eigenvalue weighted by Crippen LogP contribution is -2.57. The predicted octanol–water partition coefficient (Wildman–Crippen LogP) is 1.79. The first-order chi connectivity index (χ1) is 9.34. The largest absolute Gasteiger partial charge is 0.508 e. The van der Waals surface area contributed by atoms with Crippen LogP contribution in [0.3, 0.4) is 0 Å². The number of carbonyl (C=O) groups is 2. The third-order valence-electron chi connectivity index (χ3n) is 3.73. The maximum Gasteiger partial charge on any atom is 0.329 e. The molecule has 0 bridgehead atoms. The number of phenols is 1. The summed E-state index contributed by atoms with van der Waals surface area (Å²) in [4.78, 5) is 24.8. The standard InChI is InChI=1S/C14H18N2O4/c1-14(12(18)19,9-6-7-9)15-13(20)16(2)10-4-3-5-11(17)8-10/h3-5,8-9,17H,6-7H2,1-2H3,(H,15,20)(H,18,19). The van der Waals surface area contributed by atoms with Crippen molar-refractivity contribution in [3.8, 4) is 5.75 Å². The summed E-state index contributed by atoms with van der Waals surface area (Å²) in [5.74, 6) is -1.01. The second-order valence-corrected chi connectivity index (χ2v) is 5.29. The Hall–Kier alpha value is -2.24. The van der Waals surface area contributed by atoms with Crippen LogP contribution in [0.5, 0.6) is 5.75 Å². The number of benzene rings is 1. The topological polar surface area (TPSA) is 89.9 Å². The zero-order chi connectivity index (χ0) is 14.9. The number of nitrogens with one attached hydrogen (secondary N) is 1. The highest BCUT2D eigenvalue weighted by molar-refractivity contribution is 5.95. The fraction of sp³-hybridized carbons (Fsp3) is 0.429. The lowest BCUT2D eigenvalue weighted by Gasteiger charge is -2.29. The fourth-order valence-electron chi connectivity index (χ4n) is 2.12. The molecule has 2 amide bonds. The van der Waals surface area contributed by atoms with E-state index < -0.39 is 17.5 Å². The maximum absolute atomic E-state index is 12.2. The molecule has 20 heavy (non-hydrogen) atoms. The Labute approximate surface area is 117 Å². The molecule has 0 spiro atoms. The Morgan fingerprint density at radius 3 is 2.55 bits per heavy atom. The van der Waals surface area contributed by atoms with E-state index in [2.05, 4.69) is 5.32 Å². The van der Waals surface area contributed by atoms with Gasteiger partial charge in [0, 0.05) is 18.8 Å². The number of carboxylic acids is 1. The molecule has 108 valence electrons. The van der Waals surface area contributed by atoms with Crippen molar-refractivity contribution < 1.29 is 19.8 Å². The lowest BCUT2D eigenvalue weighted by molar-refractivity contribution is -0.144. The number of urea groups is 1. The number of amides is 2. The van der Waals surface area contributed by atoms with Crippen LogP contribution < -0.4 is 10.2 Å². The number of aliphatic carboxylic acids is 1. The van der Waals surface area contributed by atoms with Crippen LogP contribution >= 0.6 is 0 Å². The number of anilines is 1. The first-order valence-corrected chi connectivity index (χ1v) is 6.43. The number of hydrogen-bond donors (Lipinski definition) is 3. The van der Waals surface area contributed by atoms with Crippen molar-refractivity contribution in [1.29, 1.82) is 0 Å². The summed E-state index contributed by atoms with van der Waals surface area (Å²) in [6.45, 7) is 1.53. The molecule has 1 aliphatic rings. The number of aromatic hydroxyl groups is 1.